The molecule has 0 atom stereocenters. The molecule has 0 unspecified atom stereocenters. The highest BCUT2D eigenvalue weighted by molar-refractivity contribution is 6.05. The number of amides is 2. The van der Waals surface area contributed by atoms with Crippen LogP contribution in [0.5, 0.6) is 0 Å². The lowest BCUT2D eigenvalue weighted by atomic mass is 9.54. The van der Waals surface area contributed by atoms with Gasteiger partial charge >= 0.3 is 0 Å². The van der Waals surface area contributed by atoms with Crippen molar-refractivity contribution in [3.8, 4) is 0 Å². The van der Waals surface area contributed by atoms with E-state index in [-0.39, 0.29) is 24.3 Å². The molecule has 6 rings (SSSR count). The molecule has 0 radical (unpaired) electrons. The normalized spacial score (nSPS) is 28.2. The Labute approximate surface area is 189 Å². The molecule has 2 N–H and O–H groups in total. The lowest BCUT2D eigenvalue weighted by molar-refractivity contribution is -0.127. The van der Waals surface area contributed by atoms with E-state index in [4.69, 9.17) is 0 Å². The number of nitrogens with one attached hydrogen (secondary N) is 1. The first kappa shape index (κ1) is 21.4. The van der Waals surface area contributed by atoms with Crippen LogP contribution in [0.15, 0.2) is 24.5 Å². The number of rotatable bonds is 8. The summed E-state index contributed by atoms with van der Waals surface area (Å²) in [5.41, 5.74) is 1.55. The average Bonchev–Trinajstić information content (AvgIpc) is 3.22. The van der Waals surface area contributed by atoms with Gasteiger partial charge in [-0.3, -0.25) is 14.8 Å². The number of carbonyl (C=O) groups excluding carboxylic acids is 2. The van der Waals surface area contributed by atoms with Gasteiger partial charge < -0.3 is 5.32 Å². The van der Waals surface area contributed by atoms with Crippen molar-refractivity contribution >= 4 is 22.8 Å². The number of aromatic nitrogens is 2. The van der Waals surface area contributed by atoms with Crippen LogP contribution in [0.1, 0.15) is 81.5 Å². The van der Waals surface area contributed by atoms with E-state index in [1.807, 2.05) is 0 Å². The molecule has 4 fully saturated rings. The molecule has 7 heteroatoms. The number of hydroxylamine groups is 1. The molecule has 4 bridgehead atoms. The van der Waals surface area contributed by atoms with Crippen LogP contribution < -0.4 is 10.5 Å². The first-order valence-corrected chi connectivity index (χ1v) is 12.3. The zero-order chi connectivity index (χ0) is 22.2. The molecular weight excluding hydrogens is 404 g/mol. The van der Waals surface area contributed by atoms with Crippen molar-refractivity contribution in [3.63, 3.8) is 0 Å². The summed E-state index contributed by atoms with van der Waals surface area (Å²) < 4.78 is 1.33. The van der Waals surface area contributed by atoms with Crippen molar-refractivity contribution in [2.75, 3.05) is 5.17 Å². The van der Waals surface area contributed by atoms with Gasteiger partial charge in [0.1, 0.15) is 11.8 Å². The fourth-order valence-electron chi connectivity index (χ4n) is 6.67. The molecule has 1 aromatic carbocycles. The third-order valence-corrected chi connectivity index (χ3v) is 8.00. The lowest BCUT2D eigenvalue weighted by Crippen LogP contribution is -2.55. The molecule has 1 aromatic heterocycles. The largest absolute Gasteiger partial charge is 0.349 e. The maximum atomic E-state index is 13.3. The van der Waals surface area contributed by atoms with Crippen LogP contribution in [-0.4, -0.2) is 32.7 Å². The number of nitrogens with zero attached hydrogens (tertiary/aromatic N) is 3. The van der Waals surface area contributed by atoms with Crippen molar-refractivity contribution < 1.29 is 14.8 Å². The Morgan fingerprint density at radius 2 is 1.81 bits per heavy atom. The first-order valence-electron chi connectivity index (χ1n) is 12.3. The number of imidazole rings is 1. The second kappa shape index (κ2) is 8.85. The predicted molar refractivity (Wildman–Crippen MR) is 122 cm³/mol. The van der Waals surface area contributed by atoms with E-state index in [0.29, 0.717) is 33.6 Å². The second-order valence-electron chi connectivity index (χ2n) is 10.2. The Kier molecular flexibility index (Phi) is 5.93. The quantitative estimate of drug-likeness (QED) is 0.363. The Balaban J connectivity index is 1.31. The highest BCUT2D eigenvalue weighted by Crippen LogP contribution is 2.53. The molecule has 2 aromatic rings. The van der Waals surface area contributed by atoms with Gasteiger partial charge in [-0.05, 0) is 74.3 Å². The van der Waals surface area contributed by atoms with E-state index in [9.17, 15) is 14.8 Å². The molecule has 4 saturated carbocycles. The molecular formula is C25H34N4O3. The standard InChI is InChI=1S/C25H34N4O3/c1-2-3-4-5-9-22(30)29(32)28-15-26-24-20(7-6-8-21(24)28)25(31)27-23-18-11-16-10-17(13-18)14-19(23)12-16/h6-8,15-19,23,32H,2-5,9-14H2,1H3,(H,27,31). The second-order valence-corrected chi connectivity index (χ2v) is 10.2. The number of benzene rings is 1. The number of hydrogen-bond donors (Lipinski definition) is 2. The minimum Gasteiger partial charge on any atom is -0.349 e. The fraction of sp³-hybridized carbons (Fsp3) is 0.640. The van der Waals surface area contributed by atoms with E-state index in [0.717, 1.165) is 37.5 Å². The number of carbonyl (C=O) groups is 2. The molecule has 0 aliphatic heterocycles. The van der Waals surface area contributed by atoms with Crippen LogP contribution >= 0.6 is 0 Å². The SMILES string of the molecule is CCCCCCC(=O)N(O)n1cnc2c(C(=O)NC3C4CC5CC(C4)CC3C5)cccc21. The highest BCUT2D eigenvalue weighted by atomic mass is 16.6. The Bertz CT molecular complexity index is 972. The lowest BCUT2D eigenvalue weighted by Gasteiger charge is -2.54. The van der Waals surface area contributed by atoms with Crippen molar-refractivity contribution in [2.45, 2.75) is 77.2 Å². The van der Waals surface area contributed by atoms with Gasteiger partial charge in [-0.1, -0.05) is 32.3 Å². The maximum Gasteiger partial charge on any atom is 0.267 e. The molecule has 0 saturated heterocycles. The summed E-state index contributed by atoms with van der Waals surface area (Å²) in [6.07, 6.45) is 12.0. The Morgan fingerprint density at radius 1 is 1.09 bits per heavy atom. The molecule has 1 heterocycles. The van der Waals surface area contributed by atoms with E-state index in [2.05, 4.69) is 17.2 Å². The summed E-state index contributed by atoms with van der Waals surface area (Å²) in [6.45, 7) is 2.12. The first-order chi connectivity index (χ1) is 15.5. The van der Waals surface area contributed by atoms with Gasteiger partial charge in [-0.25, -0.2) is 9.66 Å². The van der Waals surface area contributed by atoms with Crippen molar-refractivity contribution in [2.24, 2.45) is 23.7 Å². The maximum absolute atomic E-state index is 13.3. The van der Waals surface area contributed by atoms with E-state index >= 15 is 0 Å². The van der Waals surface area contributed by atoms with Gasteiger partial charge in [0.25, 0.3) is 11.8 Å². The molecule has 0 spiro atoms. The fourth-order valence-corrected chi connectivity index (χ4v) is 6.67. The van der Waals surface area contributed by atoms with Gasteiger partial charge in [0.15, 0.2) is 0 Å². The Hall–Kier alpha value is -2.41. The van der Waals surface area contributed by atoms with Crippen LogP contribution in [0, 0.1) is 23.7 Å². The van der Waals surface area contributed by atoms with Crippen molar-refractivity contribution in [1.29, 1.82) is 0 Å². The van der Waals surface area contributed by atoms with Gasteiger partial charge in [0.2, 0.25) is 0 Å². The van der Waals surface area contributed by atoms with E-state index in [1.165, 1.54) is 43.1 Å². The van der Waals surface area contributed by atoms with Crippen LogP contribution in [0.4, 0.5) is 0 Å². The predicted octanol–water partition coefficient (Wildman–Crippen LogP) is 4.42. The molecule has 172 valence electrons. The molecule has 4 aliphatic carbocycles. The van der Waals surface area contributed by atoms with Crippen LogP contribution in [0.2, 0.25) is 0 Å². The smallest absolute Gasteiger partial charge is 0.267 e. The van der Waals surface area contributed by atoms with Crippen LogP contribution in [0.3, 0.4) is 0 Å². The van der Waals surface area contributed by atoms with Gasteiger partial charge in [-0.2, -0.15) is 0 Å². The van der Waals surface area contributed by atoms with Crippen LogP contribution in [0.25, 0.3) is 11.0 Å². The number of para-hydroxylation sites is 1. The van der Waals surface area contributed by atoms with Crippen molar-refractivity contribution in [1.82, 2.24) is 15.0 Å². The van der Waals surface area contributed by atoms with Crippen molar-refractivity contribution in [3.05, 3.63) is 30.1 Å². The molecule has 2 amide bonds. The number of unbranched alkanes of at least 4 members (excludes halogenated alkanes) is 3. The van der Waals surface area contributed by atoms with E-state index < -0.39 is 0 Å². The van der Waals surface area contributed by atoms with Gasteiger partial charge in [0.05, 0.1) is 11.1 Å². The van der Waals surface area contributed by atoms with Gasteiger partial charge in [0, 0.05) is 12.5 Å². The monoisotopic (exact) mass is 438 g/mol. The zero-order valence-corrected chi connectivity index (χ0v) is 18.9. The average molecular weight is 439 g/mol. The summed E-state index contributed by atoms with van der Waals surface area (Å²) in [4.78, 5) is 30.1. The summed E-state index contributed by atoms with van der Waals surface area (Å²) in [7, 11) is 0. The summed E-state index contributed by atoms with van der Waals surface area (Å²) >= 11 is 0. The van der Waals surface area contributed by atoms with E-state index in [1.54, 1.807) is 18.2 Å². The summed E-state index contributed by atoms with van der Waals surface area (Å²) in [6, 6.07) is 5.59. The third kappa shape index (κ3) is 3.91. The third-order valence-electron chi connectivity index (χ3n) is 8.00. The molecule has 7 nitrogen and oxygen atoms in total. The van der Waals surface area contributed by atoms with Gasteiger partial charge in [-0.15, -0.1) is 5.17 Å². The number of fused-ring (bicyclic) bond motifs is 1. The number of hydrogen-bond acceptors (Lipinski definition) is 4. The zero-order valence-electron chi connectivity index (χ0n) is 18.9. The minimum atomic E-state index is -0.371. The summed E-state index contributed by atoms with van der Waals surface area (Å²) in [5, 5.41) is 14.4. The molecule has 32 heavy (non-hydrogen) atoms. The summed E-state index contributed by atoms with van der Waals surface area (Å²) in [5.74, 6) is 2.45. The minimum absolute atomic E-state index is 0.103. The molecule has 4 aliphatic rings. The van der Waals surface area contributed by atoms with Crippen LogP contribution in [-0.2, 0) is 4.79 Å². The highest BCUT2D eigenvalue weighted by Gasteiger charge is 2.48. The Morgan fingerprint density at radius 3 is 2.50 bits per heavy atom. The topological polar surface area (TPSA) is 87.5 Å².